The molecule has 0 aromatic heterocycles. The summed E-state index contributed by atoms with van der Waals surface area (Å²) >= 11 is 0. The molecule has 0 fully saturated rings. The summed E-state index contributed by atoms with van der Waals surface area (Å²) in [6.45, 7) is 1.55. The second-order valence-electron chi connectivity index (χ2n) is 4.08. The zero-order valence-electron chi connectivity index (χ0n) is 9.56. The number of carbonyl (C=O) groups excluding carboxylic acids is 1. The minimum atomic E-state index is -2.91. The molecule has 0 radical (unpaired) electrons. The second kappa shape index (κ2) is 5.25. The van der Waals surface area contributed by atoms with Crippen LogP contribution < -0.4 is 0 Å². The molecule has 0 spiro atoms. The first-order chi connectivity index (χ1) is 7.37. The molecule has 0 aliphatic carbocycles. The molecule has 0 unspecified atom stereocenters. The van der Waals surface area contributed by atoms with Crippen molar-refractivity contribution < 1.29 is 13.2 Å². The van der Waals surface area contributed by atoms with E-state index >= 15 is 0 Å². The SMILES string of the molecule is CC(=O)Cc1ccc(CCS(C)(=O)=O)cc1. The van der Waals surface area contributed by atoms with E-state index in [9.17, 15) is 13.2 Å². The van der Waals surface area contributed by atoms with Crippen LogP contribution in [0, 0.1) is 0 Å². The third kappa shape index (κ3) is 5.07. The van der Waals surface area contributed by atoms with Crippen LogP contribution in [0.5, 0.6) is 0 Å². The van der Waals surface area contributed by atoms with Gasteiger partial charge in [-0.25, -0.2) is 8.42 Å². The largest absolute Gasteiger partial charge is 0.300 e. The van der Waals surface area contributed by atoms with Gasteiger partial charge in [0.15, 0.2) is 0 Å². The molecule has 4 heteroatoms. The molecule has 0 aliphatic heterocycles. The Bertz CT molecular complexity index is 458. The molecule has 0 atom stereocenters. The van der Waals surface area contributed by atoms with Gasteiger partial charge in [-0.15, -0.1) is 0 Å². The van der Waals surface area contributed by atoms with Crippen LogP contribution in [0.15, 0.2) is 24.3 Å². The molecule has 1 aromatic carbocycles. The number of benzene rings is 1. The topological polar surface area (TPSA) is 51.2 Å². The van der Waals surface area contributed by atoms with Crippen molar-refractivity contribution in [2.45, 2.75) is 19.8 Å². The third-order valence-electron chi connectivity index (χ3n) is 2.24. The summed E-state index contributed by atoms with van der Waals surface area (Å²) in [5.74, 6) is 0.294. The number of ketones is 1. The predicted molar refractivity (Wildman–Crippen MR) is 64.2 cm³/mol. The van der Waals surface area contributed by atoms with Gasteiger partial charge in [0.1, 0.15) is 15.6 Å². The third-order valence-corrected chi connectivity index (χ3v) is 3.18. The van der Waals surface area contributed by atoms with E-state index < -0.39 is 9.84 Å². The fourth-order valence-electron chi connectivity index (χ4n) is 1.41. The Morgan fingerprint density at radius 2 is 1.62 bits per heavy atom. The van der Waals surface area contributed by atoms with Crippen molar-refractivity contribution >= 4 is 15.6 Å². The van der Waals surface area contributed by atoms with Crippen molar-refractivity contribution in [1.82, 2.24) is 0 Å². The number of aryl methyl sites for hydroxylation is 1. The summed E-state index contributed by atoms with van der Waals surface area (Å²) in [7, 11) is -2.91. The highest BCUT2D eigenvalue weighted by Crippen LogP contribution is 2.07. The standard InChI is InChI=1S/C12H16O3S/c1-10(13)9-12-5-3-11(4-6-12)7-8-16(2,14)15/h3-6H,7-9H2,1-2H3. The Balaban J connectivity index is 2.61. The van der Waals surface area contributed by atoms with Crippen LogP contribution >= 0.6 is 0 Å². The van der Waals surface area contributed by atoms with Gasteiger partial charge in [0.25, 0.3) is 0 Å². The van der Waals surface area contributed by atoms with Gasteiger partial charge in [-0.3, -0.25) is 4.79 Å². The number of rotatable bonds is 5. The Kier molecular flexibility index (Phi) is 4.24. The van der Waals surface area contributed by atoms with Gasteiger partial charge >= 0.3 is 0 Å². The lowest BCUT2D eigenvalue weighted by Crippen LogP contribution is -2.06. The predicted octanol–water partition coefficient (Wildman–Crippen LogP) is 1.41. The smallest absolute Gasteiger partial charge is 0.147 e. The molecule has 0 aliphatic rings. The molecule has 0 heterocycles. The summed E-state index contributed by atoms with van der Waals surface area (Å²) in [4.78, 5) is 10.9. The zero-order valence-corrected chi connectivity index (χ0v) is 10.4. The first-order valence-electron chi connectivity index (χ1n) is 5.12. The molecule has 1 rings (SSSR count). The Morgan fingerprint density at radius 3 is 2.06 bits per heavy atom. The van der Waals surface area contributed by atoms with Crippen LogP contribution in [0.25, 0.3) is 0 Å². The molecular weight excluding hydrogens is 224 g/mol. The molecule has 0 N–H and O–H groups in total. The first kappa shape index (κ1) is 12.9. The van der Waals surface area contributed by atoms with Gasteiger partial charge in [0, 0.05) is 12.7 Å². The summed E-state index contributed by atoms with van der Waals surface area (Å²) in [5, 5.41) is 0. The fourth-order valence-corrected chi connectivity index (χ4v) is 2.02. The molecule has 0 amide bonds. The maximum Gasteiger partial charge on any atom is 0.147 e. The minimum absolute atomic E-state index is 0.129. The number of carbonyl (C=O) groups is 1. The maximum atomic E-state index is 11.0. The van der Waals surface area contributed by atoms with Crippen LogP contribution in [0.3, 0.4) is 0 Å². The Hall–Kier alpha value is -1.16. The van der Waals surface area contributed by atoms with Gasteiger partial charge in [-0.2, -0.15) is 0 Å². The minimum Gasteiger partial charge on any atom is -0.300 e. The average molecular weight is 240 g/mol. The maximum absolute atomic E-state index is 11.0. The number of sulfone groups is 1. The summed E-state index contributed by atoms with van der Waals surface area (Å²) in [6.07, 6.45) is 2.20. The van der Waals surface area contributed by atoms with Crippen molar-refractivity contribution in [2.75, 3.05) is 12.0 Å². The van der Waals surface area contributed by atoms with E-state index in [1.54, 1.807) is 6.92 Å². The molecule has 0 saturated carbocycles. The van der Waals surface area contributed by atoms with Crippen LogP contribution in [0.1, 0.15) is 18.1 Å². The van der Waals surface area contributed by atoms with Gasteiger partial charge < -0.3 is 0 Å². The van der Waals surface area contributed by atoms with Crippen molar-refractivity contribution in [2.24, 2.45) is 0 Å². The molecule has 0 bridgehead atoms. The second-order valence-corrected chi connectivity index (χ2v) is 6.33. The van der Waals surface area contributed by atoms with Gasteiger partial charge in [-0.05, 0) is 24.5 Å². The number of hydrogen-bond donors (Lipinski definition) is 0. The Labute approximate surface area is 96.4 Å². The molecule has 1 aromatic rings. The van der Waals surface area contributed by atoms with E-state index in [2.05, 4.69) is 0 Å². The normalized spacial score (nSPS) is 11.4. The van der Waals surface area contributed by atoms with Gasteiger partial charge in [0.2, 0.25) is 0 Å². The van der Waals surface area contributed by atoms with E-state index in [4.69, 9.17) is 0 Å². The summed E-state index contributed by atoms with van der Waals surface area (Å²) in [6, 6.07) is 7.50. The van der Waals surface area contributed by atoms with Crippen LogP contribution in [-0.4, -0.2) is 26.2 Å². The van der Waals surface area contributed by atoms with Crippen molar-refractivity contribution in [3.05, 3.63) is 35.4 Å². The number of Topliss-reactive ketones (excluding diaryl/α,β-unsaturated/α-hetero) is 1. The van der Waals surface area contributed by atoms with Gasteiger partial charge in [-0.1, -0.05) is 24.3 Å². The van der Waals surface area contributed by atoms with Crippen molar-refractivity contribution in [1.29, 1.82) is 0 Å². The highest BCUT2D eigenvalue weighted by molar-refractivity contribution is 7.90. The van der Waals surface area contributed by atoms with Gasteiger partial charge in [0.05, 0.1) is 5.75 Å². The van der Waals surface area contributed by atoms with E-state index in [0.29, 0.717) is 12.8 Å². The summed E-state index contributed by atoms with van der Waals surface area (Å²) < 4.78 is 21.9. The highest BCUT2D eigenvalue weighted by Gasteiger charge is 2.03. The van der Waals surface area contributed by atoms with Crippen molar-refractivity contribution in [3.8, 4) is 0 Å². The van der Waals surface area contributed by atoms with Crippen LogP contribution in [0.2, 0.25) is 0 Å². The molecule has 3 nitrogen and oxygen atoms in total. The summed E-state index contributed by atoms with van der Waals surface area (Å²) in [5.41, 5.74) is 1.95. The van der Waals surface area contributed by atoms with E-state index in [0.717, 1.165) is 11.1 Å². The lowest BCUT2D eigenvalue weighted by molar-refractivity contribution is -0.116. The Morgan fingerprint density at radius 1 is 1.12 bits per heavy atom. The lowest BCUT2D eigenvalue weighted by atomic mass is 10.1. The van der Waals surface area contributed by atoms with Crippen LogP contribution in [0.4, 0.5) is 0 Å². The van der Waals surface area contributed by atoms with E-state index in [1.807, 2.05) is 24.3 Å². The zero-order chi connectivity index (χ0) is 12.2. The quantitative estimate of drug-likeness (QED) is 0.782. The number of hydrogen-bond acceptors (Lipinski definition) is 3. The van der Waals surface area contributed by atoms with Crippen molar-refractivity contribution in [3.63, 3.8) is 0 Å². The lowest BCUT2D eigenvalue weighted by Gasteiger charge is -2.02. The van der Waals surface area contributed by atoms with E-state index in [1.165, 1.54) is 6.26 Å². The first-order valence-corrected chi connectivity index (χ1v) is 7.18. The van der Waals surface area contributed by atoms with Crippen LogP contribution in [-0.2, 0) is 27.5 Å². The monoisotopic (exact) mass is 240 g/mol. The molecule has 88 valence electrons. The fraction of sp³-hybridized carbons (Fsp3) is 0.417. The highest BCUT2D eigenvalue weighted by atomic mass is 32.2. The molecule has 0 saturated heterocycles. The van der Waals surface area contributed by atoms with E-state index in [-0.39, 0.29) is 11.5 Å². The average Bonchev–Trinajstić information content (AvgIpc) is 2.14. The molecule has 16 heavy (non-hydrogen) atoms. The molecular formula is C12H16O3S.